The van der Waals surface area contributed by atoms with Crippen LogP contribution in [0.3, 0.4) is 0 Å². The summed E-state index contributed by atoms with van der Waals surface area (Å²) in [5.41, 5.74) is -0.147. The van der Waals surface area contributed by atoms with E-state index < -0.39 is 23.6 Å². The van der Waals surface area contributed by atoms with E-state index >= 15 is 4.39 Å². The van der Waals surface area contributed by atoms with Gasteiger partial charge in [0.1, 0.15) is 18.8 Å². The van der Waals surface area contributed by atoms with E-state index in [1.807, 2.05) is 0 Å². The Hall–Kier alpha value is -2.15. The van der Waals surface area contributed by atoms with Crippen molar-refractivity contribution < 1.29 is 27.0 Å². The lowest BCUT2D eigenvalue weighted by molar-refractivity contribution is -0.137. The molecule has 0 saturated carbocycles. The van der Waals surface area contributed by atoms with Crippen molar-refractivity contribution in [1.29, 1.82) is 0 Å². The molecular weight excluding hydrogens is 474 g/mol. The number of hydrogen-bond donors (Lipinski definition) is 1. The highest BCUT2D eigenvalue weighted by molar-refractivity contribution is 7.93. The summed E-state index contributed by atoms with van der Waals surface area (Å²) in [7, 11) is 0. The SMILES string of the molecule is C[S+](C)N1CCOC(CNc2ncnc(N3CCOC[C@@H]3c3ccc(C(F)(F)F)cc3)c2F)C1. The molecule has 2 fully saturated rings. The van der Waals surface area contributed by atoms with E-state index in [-0.39, 0.29) is 35.4 Å². The van der Waals surface area contributed by atoms with Gasteiger partial charge in [-0.25, -0.2) is 9.97 Å². The van der Waals surface area contributed by atoms with Gasteiger partial charge < -0.3 is 19.7 Å². The average Bonchev–Trinajstić information content (AvgIpc) is 2.83. The summed E-state index contributed by atoms with van der Waals surface area (Å²) in [6.45, 7) is 3.55. The maximum atomic E-state index is 15.5. The first kappa shape index (κ1) is 25.0. The molecule has 0 spiro atoms. The van der Waals surface area contributed by atoms with Gasteiger partial charge in [-0.3, -0.25) is 0 Å². The second kappa shape index (κ2) is 10.6. The molecule has 2 aliphatic heterocycles. The minimum atomic E-state index is -4.42. The molecule has 1 N–H and O–H groups in total. The number of hydrogen-bond acceptors (Lipinski definition) is 7. The molecular formula is C22H28F4N5O2S+. The molecule has 0 radical (unpaired) electrons. The van der Waals surface area contributed by atoms with Crippen molar-refractivity contribution in [2.75, 3.05) is 68.7 Å². The number of nitrogens with zero attached hydrogens (tertiary/aromatic N) is 4. The fourth-order valence-electron chi connectivity index (χ4n) is 4.07. The average molecular weight is 503 g/mol. The zero-order valence-electron chi connectivity index (χ0n) is 19.0. The van der Waals surface area contributed by atoms with Gasteiger partial charge in [0, 0.05) is 13.1 Å². The van der Waals surface area contributed by atoms with Crippen LogP contribution in [0.15, 0.2) is 30.6 Å². The van der Waals surface area contributed by atoms with Gasteiger partial charge in [-0.05, 0) is 17.7 Å². The standard InChI is InChI=1S/C22H28F4N5O2S/c1-34(2)30-7-10-33-17(12-30)11-27-20-19(23)21(29-14-28-20)31-8-9-32-13-18(31)15-3-5-16(6-4-15)22(24,25)26/h3-6,14,17-18H,7-13H2,1-2H3,(H,27,28,29)/q+1/t17?,18-/m1/s1. The molecule has 2 aliphatic rings. The molecule has 4 rings (SSSR count). The predicted molar refractivity (Wildman–Crippen MR) is 123 cm³/mol. The summed E-state index contributed by atoms with van der Waals surface area (Å²) < 4.78 is 68.0. The molecule has 186 valence electrons. The number of alkyl halides is 3. The molecule has 2 atom stereocenters. The highest BCUT2D eigenvalue weighted by Gasteiger charge is 2.33. The lowest BCUT2D eigenvalue weighted by Gasteiger charge is -2.37. The molecule has 7 nitrogen and oxygen atoms in total. The maximum absolute atomic E-state index is 15.5. The first-order valence-corrected chi connectivity index (χ1v) is 12.9. The van der Waals surface area contributed by atoms with Crippen LogP contribution in [0.2, 0.25) is 0 Å². The molecule has 3 heterocycles. The molecule has 1 unspecified atom stereocenters. The number of rotatable bonds is 6. The Morgan fingerprint density at radius 3 is 2.59 bits per heavy atom. The highest BCUT2D eigenvalue weighted by Crippen LogP contribution is 2.34. The van der Waals surface area contributed by atoms with Crippen molar-refractivity contribution in [1.82, 2.24) is 14.3 Å². The summed E-state index contributed by atoms with van der Waals surface area (Å²) in [5.74, 6) is -0.462. The Kier molecular flexibility index (Phi) is 7.80. The summed E-state index contributed by atoms with van der Waals surface area (Å²) in [4.78, 5) is 9.93. The van der Waals surface area contributed by atoms with Crippen LogP contribution in [0, 0.1) is 5.82 Å². The number of benzene rings is 1. The topological polar surface area (TPSA) is 62.8 Å². The van der Waals surface area contributed by atoms with Crippen molar-refractivity contribution >= 4 is 22.7 Å². The van der Waals surface area contributed by atoms with E-state index in [4.69, 9.17) is 9.47 Å². The third-order valence-corrected chi connectivity index (χ3v) is 7.27. The van der Waals surface area contributed by atoms with Crippen LogP contribution in [0.25, 0.3) is 0 Å². The Labute approximate surface area is 198 Å². The number of ether oxygens (including phenoxy) is 2. The van der Waals surface area contributed by atoms with Crippen LogP contribution >= 0.6 is 0 Å². The normalized spacial score (nSPS) is 22.3. The minimum absolute atomic E-state index is 0.0652. The van der Waals surface area contributed by atoms with Crippen LogP contribution in [-0.2, 0) is 26.7 Å². The summed E-state index contributed by atoms with van der Waals surface area (Å²) in [6.07, 6.45) is 1.08. The van der Waals surface area contributed by atoms with Gasteiger partial charge in [-0.1, -0.05) is 12.1 Å². The van der Waals surface area contributed by atoms with E-state index in [1.165, 1.54) is 18.5 Å². The van der Waals surface area contributed by atoms with Gasteiger partial charge in [-0.15, -0.1) is 4.31 Å². The fraction of sp³-hybridized carbons (Fsp3) is 0.545. The number of nitrogens with one attached hydrogen (secondary N) is 1. The van der Waals surface area contributed by atoms with E-state index in [9.17, 15) is 13.2 Å². The van der Waals surface area contributed by atoms with E-state index in [1.54, 1.807) is 4.90 Å². The van der Waals surface area contributed by atoms with Gasteiger partial charge >= 0.3 is 6.18 Å². The van der Waals surface area contributed by atoms with Gasteiger partial charge in [-0.2, -0.15) is 17.6 Å². The van der Waals surface area contributed by atoms with Crippen LogP contribution in [0.1, 0.15) is 17.2 Å². The Bertz CT molecular complexity index is 963. The first-order valence-electron chi connectivity index (χ1n) is 10.9. The fourth-order valence-corrected chi connectivity index (χ4v) is 4.97. The Morgan fingerprint density at radius 1 is 1.12 bits per heavy atom. The quantitative estimate of drug-likeness (QED) is 0.481. The van der Waals surface area contributed by atoms with Gasteiger partial charge in [0.2, 0.25) is 5.82 Å². The molecule has 0 aliphatic carbocycles. The monoisotopic (exact) mass is 502 g/mol. The molecule has 2 saturated heterocycles. The van der Waals surface area contributed by atoms with Gasteiger partial charge in [0.25, 0.3) is 0 Å². The number of halogens is 4. The largest absolute Gasteiger partial charge is 0.416 e. The van der Waals surface area contributed by atoms with Crippen molar-refractivity contribution in [2.45, 2.75) is 18.3 Å². The van der Waals surface area contributed by atoms with Crippen molar-refractivity contribution in [2.24, 2.45) is 0 Å². The number of morpholine rings is 2. The molecule has 0 amide bonds. The predicted octanol–water partition coefficient (Wildman–Crippen LogP) is 3.12. The summed E-state index contributed by atoms with van der Waals surface area (Å²) in [6, 6.07) is 4.37. The Balaban J connectivity index is 1.50. The Morgan fingerprint density at radius 2 is 1.88 bits per heavy atom. The number of aromatic nitrogens is 2. The first-order chi connectivity index (χ1) is 16.2. The second-order valence-corrected chi connectivity index (χ2v) is 10.4. The van der Waals surface area contributed by atoms with Crippen LogP contribution in [0.5, 0.6) is 0 Å². The van der Waals surface area contributed by atoms with Gasteiger partial charge in [0.05, 0.1) is 61.7 Å². The molecule has 12 heteroatoms. The molecule has 0 bridgehead atoms. The molecule has 34 heavy (non-hydrogen) atoms. The van der Waals surface area contributed by atoms with E-state index in [0.29, 0.717) is 31.9 Å². The van der Waals surface area contributed by atoms with Gasteiger partial charge in [0.15, 0.2) is 11.6 Å². The van der Waals surface area contributed by atoms with Crippen molar-refractivity contribution in [3.8, 4) is 0 Å². The zero-order chi connectivity index (χ0) is 24.3. The molecule has 1 aromatic carbocycles. The number of anilines is 2. The van der Waals surface area contributed by atoms with E-state index in [0.717, 1.165) is 25.2 Å². The van der Waals surface area contributed by atoms with Crippen molar-refractivity contribution in [3.05, 3.63) is 47.5 Å². The smallest absolute Gasteiger partial charge is 0.377 e. The third kappa shape index (κ3) is 5.73. The summed E-state index contributed by atoms with van der Waals surface area (Å²) in [5, 5.41) is 3.04. The minimum Gasteiger partial charge on any atom is -0.377 e. The molecule has 1 aromatic heterocycles. The lowest BCUT2D eigenvalue weighted by Crippen LogP contribution is -2.47. The maximum Gasteiger partial charge on any atom is 0.416 e. The second-order valence-electron chi connectivity index (χ2n) is 8.30. The van der Waals surface area contributed by atoms with Crippen LogP contribution in [-0.4, -0.2) is 78.9 Å². The zero-order valence-corrected chi connectivity index (χ0v) is 19.8. The van der Waals surface area contributed by atoms with Crippen LogP contribution < -0.4 is 10.2 Å². The summed E-state index contributed by atoms with van der Waals surface area (Å²) >= 11 is 0.134. The van der Waals surface area contributed by atoms with Crippen LogP contribution in [0.4, 0.5) is 29.2 Å². The highest BCUT2D eigenvalue weighted by atomic mass is 32.2. The van der Waals surface area contributed by atoms with E-state index in [2.05, 4.69) is 32.1 Å². The lowest BCUT2D eigenvalue weighted by atomic mass is 10.0. The molecule has 2 aromatic rings. The third-order valence-electron chi connectivity index (χ3n) is 5.91. The van der Waals surface area contributed by atoms with Crippen molar-refractivity contribution in [3.63, 3.8) is 0 Å².